The van der Waals surface area contributed by atoms with Crippen LogP contribution in [0.25, 0.3) is 0 Å². The van der Waals surface area contributed by atoms with E-state index in [0.29, 0.717) is 12.1 Å². The minimum Gasteiger partial charge on any atom is -0.507 e. The fourth-order valence-corrected chi connectivity index (χ4v) is 4.35. The molecule has 0 amide bonds. The lowest BCUT2D eigenvalue weighted by Gasteiger charge is -2.45. The molecule has 0 saturated carbocycles. The Morgan fingerprint density at radius 3 is 2.76 bits per heavy atom. The van der Waals surface area contributed by atoms with E-state index < -0.39 is 5.97 Å². The number of carbonyl (C=O) groups excluding carboxylic acids is 1. The monoisotopic (exact) mass is 397 g/mol. The Hall–Kier alpha value is -2.53. The molecule has 1 aromatic rings. The van der Waals surface area contributed by atoms with Gasteiger partial charge < -0.3 is 14.6 Å². The van der Waals surface area contributed by atoms with Crippen LogP contribution in [0.3, 0.4) is 0 Å². The van der Waals surface area contributed by atoms with Gasteiger partial charge in [-0.25, -0.2) is 4.79 Å². The van der Waals surface area contributed by atoms with Crippen molar-refractivity contribution in [2.75, 3.05) is 13.7 Å². The molecule has 5 heteroatoms. The molecule has 1 heterocycles. The number of nitrogens with zero attached hydrogens (tertiary/aromatic N) is 1. The van der Waals surface area contributed by atoms with E-state index in [9.17, 15) is 9.90 Å². The minimum atomic E-state index is -0.453. The SMILES string of the molecule is C=CCOC(=O)C1=C(O)C2=CCCC[C@H]2N(Cc2ccc(OC)cc2)[C@@H]1CCC. The number of aliphatic hydroxyl groups is 1. The summed E-state index contributed by atoms with van der Waals surface area (Å²) in [4.78, 5) is 15.2. The molecule has 0 saturated heterocycles. The zero-order valence-electron chi connectivity index (χ0n) is 17.4. The molecule has 3 rings (SSSR count). The van der Waals surface area contributed by atoms with E-state index in [1.807, 2.05) is 12.1 Å². The van der Waals surface area contributed by atoms with Crippen LogP contribution in [-0.4, -0.2) is 41.8 Å². The molecular weight excluding hydrogens is 366 g/mol. The first-order valence-corrected chi connectivity index (χ1v) is 10.4. The smallest absolute Gasteiger partial charge is 0.339 e. The van der Waals surface area contributed by atoms with Gasteiger partial charge in [0.2, 0.25) is 0 Å². The van der Waals surface area contributed by atoms with Gasteiger partial charge in [0, 0.05) is 24.2 Å². The molecule has 2 aliphatic rings. The van der Waals surface area contributed by atoms with Crippen LogP contribution in [0.5, 0.6) is 5.75 Å². The van der Waals surface area contributed by atoms with E-state index in [4.69, 9.17) is 9.47 Å². The number of aliphatic hydroxyl groups excluding tert-OH is 1. The lowest BCUT2D eigenvalue weighted by molar-refractivity contribution is -0.139. The minimum absolute atomic E-state index is 0.110. The van der Waals surface area contributed by atoms with Crippen LogP contribution in [0, 0.1) is 0 Å². The zero-order chi connectivity index (χ0) is 20.8. The summed E-state index contributed by atoms with van der Waals surface area (Å²) in [5.41, 5.74) is 2.39. The number of hydrogen-bond donors (Lipinski definition) is 1. The van der Waals surface area contributed by atoms with Gasteiger partial charge in [-0.05, 0) is 43.4 Å². The van der Waals surface area contributed by atoms with Crippen molar-refractivity contribution in [1.82, 2.24) is 4.90 Å². The third-order valence-electron chi connectivity index (χ3n) is 5.71. The summed E-state index contributed by atoms with van der Waals surface area (Å²) in [5.74, 6) is 0.487. The third-order valence-corrected chi connectivity index (χ3v) is 5.71. The van der Waals surface area contributed by atoms with Crippen molar-refractivity contribution < 1.29 is 19.4 Å². The average molecular weight is 398 g/mol. The van der Waals surface area contributed by atoms with Crippen LogP contribution in [0.4, 0.5) is 0 Å². The molecule has 0 fully saturated rings. The predicted octanol–water partition coefficient (Wildman–Crippen LogP) is 4.70. The number of rotatable bonds is 8. The first kappa shape index (κ1) is 21.2. The van der Waals surface area contributed by atoms with Gasteiger partial charge in [-0.3, -0.25) is 4.90 Å². The van der Waals surface area contributed by atoms with Crippen molar-refractivity contribution in [2.24, 2.45) is 0 Å². The maximum Gasteiger partial charge on any atom is 0.339 e. The Morgan fingerprint density at radius 1 is 1.34 bits per heavy atom. The van der Waals surface area contributed by atoms with Crippen LogP contribution < -0.4 is 4.74 Å². The number of fused-ring (bicyclic) bond motifs is 1. The Morgan fingerprint density at radius 2 is 2.10 bits per heavy atom. The molecule has 5 nitrogen and oxygen atoms in total. The second-order valence-electron chi connectivity index (χ2n) is 7.58. The fraction of sp³-hybridized carbons (Fsp3) is 0.458. The topological polar surface area (TPSA) is 59.0 Å². The highest BCUT2D eigenvalue weighted by Gasteiger charge is 2.42. The highest BCUT2D eigenvalue weighted by Crippen LogP contribution is 2.40. The van der Waals surface area contributed by atoms with E-state index in [1.54, 1.807) is 13.2 Å². The van der Waals surface area contributed by atoms with Crippen LogP contribution in [-0.2, 0) is 16.1 Å². The number of esters is 1. The summed E-state index contributed by atoms with van der Waals surface area (Å²) in [6, 6.07) is 7.96. The number of benzene rings is 1. The van der Waals surface area contributed by atoms with Gasteiger partial charge in [-0.1, -0.05) is 44.2 Å². The van der Waals surface area contributed by atoms with Crippen LogP contribution in [0.1, 0.15) is 44.6 Å². The molecule has 2 atom stereocenters. The summed E-state index contributed by atoms with van der Waals surface area (Å²) in [5, 5.41) is 11.0. The van der Waals surface area contributed by atoms with Crippen molar-refractivity contribution in [3.8, 4) is 5.75 Å². The van der Waals surface area contributed by atoms with E-state index in [0.717, 1.165) is 49.0 Å². The summed E-state index contributed by atoms with van der Waals surface area (Å²) >= 11 is 0. The maximum atomic E-state index is 12.9. The van der Waals surface area contributed by atoms with Gasteiger partial charge >= 0.3 is 5.97 Å². The van der Waals surface area contributed by atoms with Gasteiger partial charge in [0.1, 0.15) is 18.1 Å². The fourth-order valence-electron chi connectivity index (χ4n) is 4.35. The van der Waals surface area contributed by atoms with E-state index in [-0.39, 0.29) is 24.4 Å². The van der Waals surface area contributed by atoms with E-state index in [2.05, 4.69) is 36.6 Å². The van der Waals surface area contributed by atoms with Gasteiger partial charge in [0.25, 0.3) is 0 Å². The van der Waals surface area contributed by atoms with Gasteiger partial charge in [0.05, 0.1) is 12.7 Å². The van der Waals surface area contributed by atoms with Gasteiger partial charge in [-0.15, -0.1) is 0 Å². The van der Waals surface area contributed by atoms with Gasteiger partial charge in [0.15, 0.2) is 0 Å². The molecule has 29 heavy (non-hydrogen) atoms. The van der Waals surface area contributed by atoms with Gasteiger partial charge in [-0.2, -0.15) is 0 Å². The van der Waals surface area contributed by atoms with Crippen molar-refractivity contribution in [3.63, 3.8) is 0 Å². The third kappa shape index (κ3) is 4.56. The van der Waals surface area contributed by atoms with E-state index >= 15 is 0 Å². The van der Waals surface area contributed by atoms with Crippen molar-refractivity contribution in [1.29, 1.82) is 0 Å². The van der Waals surface area contributed by atoms with Crippen LogP contribution in [0.15, 0.2) is 59.9 Å². The maximum absolute atomic E-state index is 12.9. The van der Waals surface area contributed by atoms with E-state index in [1.165, 1.54) is 0 Å². The average Bonchev–Trinajstić information content (AvgIpc) is 2.75. The van der Waals surface area contributed by atoms with Crippen LogP contribution >= 0.6 is 0 Å². The Bertz CT molecular complexity index is 794. The molecular formula is C24H31NO4. The molecule has 0 aromatic heterocycles. The summed E-state index contributed by atoms with van der Waals surface area (Å²) < 4.78 is 10.6. The number of ether oxygens (including phenoxy) is 2. The predicted molar refractivity (Wildman–Crippen MR) is 114 cm³/mol. The Labute approximate surface area is 173 Å². The normalized spacial score (nSPS) is 21.9. The lowest BCUT2D eigenvalue weighted by atomic mass is 9.81. The van der Waals surface area contributed by atoms with Crippen molar-refractivity contribution >= 4 is 5.97 Å². The largest absolute Gasteiger partial charge is 0.507 e. The molecule has 1 aliphatic carbocycles. The van der Waals surface area contributed by atoms with Crippen LogP contribution in [0.2, 0.25) is 0 Å². The number of allylic oxidation sites excluding steroid dienone is 1. The Balaban J connectivity index is 1.99. The molecule has 1 N–H and O–H groups in total. The highest BCUT2D eigenvalue weighted by molar-refractivity contribution is 5.92. The number of methoxy groups -OCH3 is 1. The Kier molecular flexibility index (Phi) is 7.15. The second kappa shape index (κ2) is 9.79. The molecule has 0 spiro atoms. The summed E-state index contributed by atoms with van der Waals surface area (Å²) in [6.07, 6.45) is 8.28. The second-order valence-corrected chi connectivity index (χ2v) is 7.58. The molecule has 156 valence electrons. The van der Waals surface area contributed by atoms with Crippen molar-refractivity contribution in [3.05, 3.63) is 65.5 Å². The number of hydrogen-bond acceptors (Lipinski definition) is 5. The first-order valence-electron chi connectivity index (χ1n) is 10.4. The van der Waals surface area contributed by atoms with Crippen molar-refractivity contribution in [2.45, 2.75) is 57.7 Å². The standard InChI is InChI=1S/C24H31NO4/c1-4-8-21-22(24(27)29-15-5-2)23(26)19-9-6-7-10-20(19)25(21)16-17-11-13-18(28-3)14-12-17/h5,9,11-14,20-21,26H,2,4,6-8,10,15-16H2,1,3H3/t20-,21-/m1/s1. The lowest BCUT2D eigenvalue weighted by Crippen LogP contribution is -2.51. The molecule has 1 aliphatic heterocycles. The summed E-state index contributed by atoms with van der Waals surface area (Å²) in [7, 11) is 1.66. The molecule has 0 radical (unpaired) electrons. The summed E-state index contributed by atoms with van der Waals surface area (Å²) in [6.45, 7) is 6.54. The number of carbonyl (C=O) groups is 1. The zero-order valence-corrected chi connectivity index (χ0v) is 17.4. The molecule has 0 unspecified atom stereocenters. The molecule has 0 bridgehead atoms. The quantitative estimate of drug-likeness (QED) is 0.509. The highest BCUT2D eigenvalue weighted by atomic mass is 16.5. The first-order chi connectivity index (χ1) is 14.1. The molecule has 1 aromatic carbocycles.